The lowest BCUT2D eigenvalue weighted by Crippen LogP contribution is -1.95. The Morgan fingerprint density at radius 1 is 1.43 bits per heavy atom. The molecule has 2 aromatic rings. The van der Waals surface area contributed by atoms with Crippen molar-refractivity contribution >= 4 is 40.0 Å². The fourth-order valence-electron chi connectivity index (χ4n) is 1.30. The molecule has 0 saturated heterocycles. The number of thiol groups is 1. The highest BCUT2D eigenvalue weighted by molar-refractivity contribution is 7.81. The molecule has 0 amide bonds. The zero-order valence-corrected chi connectivity index (χ0v) is 8.60. The van der Waals surface area contributed by atoms with Gasteiger partial charge in [-0.2, -0.15) is 0 Å². The summed E-state index contributed by atoms with van der Waals surface area (Å²) in [6.07, 6.45) is 0. The number of aromatic hydroxyl groups is 1. The van der Waals surface area contributed by atoms with Crippen LogP contribution in [0, 0.1) is 0 Å². The molecule has 1 heterocycles. The Labute approximate surface area is 89.0 Å². The SMILES string of the molecule is O=C(O)c1cccc2sc(O)c(S)c12. The molecule has 2 rings (SSSR count). The zero-order valence-electron chi connectivity index (χ0n) is 6.89. The maximum Gasteiger partial charge on any atom is 0.336 e. The topological polar surface area (TPSA) is 57.5 Å². The monoisotopic (exact) mass is 226 g/mol. The van der Waals surface area contributed by atoms with E-state index in [0.29, 0.717) is 10.3 Å². The highest BCUT2D eigenvalue weighted by Gasteiger charge is 2.15. The number of aromatic carboxylic acids is 1. The first-order valence-corrected chi connectivity index (χ1v) is 5.04. The van der Waals surface area contributed by atoms with E-state index in [2.05, 4.69) is 12.6 Å². The Kier molecular flexibility index (Phi) is 2.13. The second kappa shape index (κ2) is 3.18. The highest BCUT2D eigenvalue weighted by atomic mass is 32.1. The summed E-state index contributed by atoms with van der Waals surface area (Å²) in [6, 6.07) is 4.90. The minimum Gasteiger partial charge on any atom is -0.499 e. The molecule has 72 valence electrons. The number of carboxylic acid groups (broad SMARTS) is 1. The molecule has 5 heteroatoms. The van der Waals surface area contributed by atoms with Gasteiger partial charge in [-0.05, 0) is 12.1 Å². The fraction of sp³-hybridized carbons (Fsp3) is 0. The molecule has 3 nitrogen and oxygen atoms in total. The maximum absolute atomic E-state index is 10.9. The number of carboxylic acids is 1. The van der Waals surface area contributed by atoms with E-state index in [-0.39, 0.29) is 10.6 Å². The largest absolute Gasteiger partial charge is 0.499 e. The highest BCUT2D eigenvalue weighted by Crippen LogP contribution is 2.40. The van der Waals surface area contributed by atoms with E-state index in [1.807, 2.05) is 0 Å². The first-order chi connectivity index (χ1) is 6.61. The van der Waals surface area contributed by atoms with Crippen LogP contribution in [0.2, 0.25) is 0 Å². The Hall–Kier alpha value is -1.20. The molecule has 0 aliphatic rings. The van der Waals surface area contributed by atoms with Gasteiger partial charge in [-0.1, -0.05) is 17.4 Å². The van der Waals surface area contributed by atoms with Crippen LogP contribution in [-0.2, 0) is 0 Å². The first-order valence-electron chi connectivity index (χ1n) is 3.78. The summed E-state index contributed by atoms with van der Waals surface area (Å²) in [5.74, 6) is -1.01. The predicted molar refractivity (Wildman–Crippen MR) is 57.7 cm³/mol. The summed E-state index contributed by atoms with van der Waals surface area (Å²) < 4.78 is 0.729. The number of benzene rings is 1. The van der Waals surface area contributed by atoms with E-state index in [4.69, 9.17) is 5.11 Å². The molecular weight excluding hydrogens is 220 g/mol. The third-order valence-corrected chi connectivity index (χ3v) is 3.45. The maximum atomic E-state index is 10.9. The van der Waals surface area contributed by atoms with E-state index >= 15 is 0 Å². The van der Waals surface area contributed by atoms with Gasteiger partial charge in [0.2, 0.25) is 0 Å². The molecule has 14 heavy (non-hydrogen) atoms. The van der Waals surface area contributed by atoms with Gasteiger partial charge in [0.05, 0.1) is 10.5 Å². The van der Waals surface area contributed by atoms with Gasteiger partial charge in [-0.3, -0.25) is 0 Å². The Bertz CT molecular complexity index is 516. The van der Waals surface area contributed by atoms with Gasteiger partial charge in [-0.25, -0.2) is 4.79 Å². The lowest BCUT2D eigenvalue weighted by molar-refractivity contribution is 0.0699. The van der Waals surface area contributed by atoms with Crippen molar-refractivity contribution in [2.45, 2.75) is 4.90 Å². The van der Waals surface area contributed by atoms with Crippen LogP contribution in [0.15, 0.2) is 23.1 Å². The smallest absolute Gasteiger partial charge is 0.336 e. The molecule has 0 radical (unpaired) electrons. The average Bonchev–Trinajstić information content (AvgIpc) is 2.43. The zero-order chi connectivity index (χ0) is 10.3. The summed E-state index contributed by atoms with van der Waals surface area (Å²) in [7, 11) is 0. The average molecular weight is 226 g/mol. The van der Waals surface area contributed by atoms with Crippen LogP contribution in [0.5, 0.6) is 5.06 Å². The van der Waals surface area contributed by atoms with Crippen LogP contribution in [0.3, 0.4) is 0 Å². The number of hydrogen-bond donors (Lipinski definition) is 3. The van der Waals surface area contributed by atoms with Crippen molar-refractivity contribution in [3.63, 3.8) is 0 Å². The number of hydrogen-bond acceptors (Lipinski definition) is 4. The van der Waals surface area contributed by atoms with Crippen LogP contribution >= 0.6 is 24.0 Å². The van der Waals surface area contributed by atoms with Crippen LogP contribution < -0.4 is 0 Å². The molecule has 0 aliphatic heterocycles. The molecule has 1 aromatic heterocycles. The molecule has 0 unspecified atom stereocenters. The molecule has 0 saturated carbocycles. The van der Waals surface area contributed by atoms with Crippen molar-refractivity contribution in [1.82, 2.24) is 0 Å². The van der Waals surface area contributed by atoms with E-state index < -0.39 is 5.97 Å². The van der Waals surface area contributed by atoms with Crippen molar-refractivity contribution in [3.8, 4) is 5.06 Å². The molecule has 0 fully saturated rings. The van der Waals surface area contributed by atoms with Gasteiger partial charge >= 0.3 is 5.97 Å². The number of carbonyl (C=O) groups is 1. The third-order valence-electron chi connectivity index (χ3n) is 1.90. The summed E-state index contributed by atoms with van der Waals surface area (Å²) in [4.78, 5) is 11.2. The van der Waals surface area contributed by atoms with Crippen LogP contribution in [0.1, 0.15) is 10.4 Å². The van der Waals surface area contributed by atoms with Crippen molar-refractivity contribution in [2.24, 2.45) is 0 Å². The first kappa shape index (κ1) is 9.36. The summed E-state index contributed by atoms with van der Waals surface area (Å²) in [5.41, 5.74) is 0.170. The van der Waals surface area contributed by atoms with Gasteiger partial charge in [0, 0.05) is 10.1 Å². The predicted octanol–water partition coefficient (Wildman–Crippen LogP) is 2.59. The van der Waals surface area contributed by atoms with Crippen LogP contribution in [0.25, 0.3) is 10.1 Å². The van der Waals surface area contributed by atoms with E-state index in [1.165, 1.54) is 6.07 Å². The van der Waals surface area contributed by atoms with E-state index in [0.717, 1.165) is 16.0 Å². The van der Waals surface area contributed by atoms with Crippen molar-refractivity contribution in [1.29, 1.82) is 0 Å². The second-order valence-corrected chi connectivity index (χ2v) is 4.22. The lowest BCUT2D eigenvalue weighted by atomic mass is 10.1. The minimum absolute atomic E-state index is 0.0528. The standard InChI is InChI=1S/C9H6O3S2/c10-8(11)4-2-1-3-5-6(4)7(13)9(12)14-5/h1-3,12-13H,(H,10,11). The number of fused-ring (bicyclic) bond motifs is 1. The Balaban J connectivity index is 2.91. The molecule has 1 aromatic carbocycles. The minimum atomic E-state index is -1.01. The van der Waals surface area contributed by atoms with Crippen LogP contribution in [-0.4, -0.2) is 16.2 Å². The summed E-state index contributed by atoms with van der Waals surface area (Å²) >= 11 is 5.20. The molecule has 0 spiro atoms. The van der Waals surface area contributed by atoms with Crippen LogP contribution in [0.4, 0.5) is 0 Å². The lowest BCUT2D eigenvalue weighted by Gasteiger charge is -1.97. The van der Waals surface area contributed by atoms with Gasteiger partial charge in [0.1, 0.15) is 0 Å². The van der Waals surface area contributed by atoms with E-state index in [1.54, 1.807) is 12.1 Å². The normalized spacial score (nSPS) is 10.6. The fourth-order valence-corrected chi connectivity index (χ4v) is 2.62. The van der Waals surface area contributed by atoms with Gasteiger partial charge in [-0.15, -0.1) is 12.6 Å². The Morgan fingerprint density at radius 3 is 2.79 bits per heavy atom. The number of rotatable bonds is 1. The summed E-state index contributed by atoms with van der Waals surface area (Å²) in [5, 5.41) is 18.9. The van der Waals surface area contributed by atoms with Crippen molar-refractivity contribution in [2.75, 3.05) is 0 Å². The molecule has 0 aliphatic carbocycles. The molecular formula is C9H6O3S2. The molecule has 0 atom stereocenters. The van der Waals surface area contributed by atoms with E-state index in [9.17, 15) is 9.90 Å². The van der Waals surface area contributed by atoms with Crippen molar-refractivity contribution in [3.05, 3.63) is 23.8 Å². The third kappa shape index (κ3) is 1.25. The van der Waals surface area contributed by atoms with Gasteiger partial charge < -0.3 is 10.2 Å². The van der Waals surface area contributed by atoms with Crippen molar-refractivity contribution < 1.29 is 15.0 Å². The summed E-state index contributed by atoms with van der Waals surface area (Å²) in [6.45, 7) is 0. The second-order valence-electron chi connectivity index (χ2n) is 2.74. The quantitative estimate of drug-likeness (QED) is 0.655. The molecule has 2 N–H and O–H groups in total. The number of thiophene rings is 1. The van der Waals surface area contributed by atoms with Gasteiger partial charge in [0.15, 0.2) is 5.06 Å². The van der Waals surface area contributed by atoms with Gasteiger partial charge in [0.25, 0.3) is 0 Å². The Morgan fingerprint density at radius 2 is 2.14 bits per heavy atom. The molecule has 0 bridgehead atoms.